The van der Waals surface area contributed by atoms with Gasteiger partial charge in [-0.3, -0.25) is 4.79 Å². The van der Waals surface area contributed by atoms with Gasteiger partial charge in [-0.15, -0.1) is 0 Å². The Morgan fingerprint density at radius 3 is 2.96 bits per heavy atom. The summed E-state index contributed by atoms with van der Waals surface area (Å²) in [5, 5.41) is 0.546. The minimum atomic E-state index is -0.255. The number of hydrogen-bond acceptors (Lipinski definition) is 4. The second kappa shape index (κ2) is 7.32. The van der Waals surface area contributed by atoms with E-state index in [1.54, 1.807) is 4.90 Å². The summed E-state index contributed by atoms with van der Waals surface area (Å²) in [7, 11) is 0. The van der Waals surface area contributed by atoms with E-state index in [-0.39, 0.29) is 18.3 Å². The number of aromatic nitrogens is 2. The topological polar surface area (TPSA) is 56.6 Å². The summed E-state index contributed by atoms with van der Waals surface area (Å²) in [6.07, 6.45) is 3.10. The lowest BCUT2D eigenvalue weighted by atomic mass is 9.99. The molecule has 26 heavy (non-hydrogen) atoms. The number of rotatable bonds is 6. The zero-order chi connectivity index (χ0) is 18.1. The van der Waals surface area contributed by atoms with Gasteiger partial charge >= 0.3 is 0 Å². The maximum atomic E-state index is 15.0. The average Bonchev–Trinajstić information content (AvgIpc) is 2.89. The molecule has 0 saturated carbocycles. The first kappa shape index (κ1) is 17.4. The molecule has 4 rings (SSSR count). The van der Waals surface area contributed by atoms with E-state index in [1.807, 2.05) is 23.8 Å². The number of ether oxygens (including phenoxy) is 2. The van der Waals surface area contributed by atoms with Crippen molar-refractivity contribution < 1.29 is 18.7 Å². The number of fused-ring (bicyclic) bond motifs is 3. The Bertz CT molecular complexity index is 816. The van der Waals surface area contributed by atoms with Crippen LogP contribution in [0.3, 0.4) is 0 Å². The molecule has 0 atom stereocenters. The van der Waals surface area contributed by atoms with Gasteiger partial charge in [0, 0.05) is 31.8 Å². The van der Waals surface area contributed by atoms with E-state index in [0.717, 1.165) is 12.0 Å². The predicted octanol–water partition coefficient (Wildman–Crippen LogP) is 2.45. The number of hydrogen-bond donors (Lipinski definition) is 0. The van der Waals surface area contributed by atoms with Gasteiger partial charge in [0.15, 0.2) is 5.82 Å². The van der Waals surface area contributed by atoms with Crippen molar-refractivity contribution in [2.75, 3.05) is 33.0 Å². The van der Waals surface area contributed by atoms with Crippen LogP contribution in [0.5, 0.6) is 0 Å². The molecule has 2 aromatic heterocycles. The second-order valence-electron chi connectivity index (χ2n) is 6.96. The third kappa shape index (κ3) is 3.10. The molecule has 2 aliphatic heterocycles. The number of nitrogens with zero attached hydrogens (tertiary/aromatic N) is 3. The van der Waals surface area contributed by atoms with Crippen LogP contribution in [0.1, 0.15) is 36.9 Å². The Balaban J connectivity index is 1.52. The molecule has 2 aromatic rings. The highest BCUT2D eigenvalue weighted by atomic mass is 19.1. The number of carbonyl (C=O) groups excluding carboxylic acids is 1. The molecule has 0 aromatic carbocycles. The molecule has 7 heteroatoms. The zero-order valence-corrected chi connectivity index (χ0v) is 15.0. The highest BCUT2D eigenvalue weighted by Gasteiger charge is 2.28. The van der Waals surface area contributed by atoms with Crippen LogP contribution < -0.4 is 0 Å². The zero-order valence-electron chi connectivity index (χ0n) is 15.0. The molecule has 0 radical (unpaired) electrons. The SMILES string of the molecule is CCCOCCC(=O)N1CCn2c(c(F)c3cc(C4COC4)cnc32)C1. The fourth-order valence-corrected chi connectivity index (χ4v) is 3.56. The van der Waals surface area contributed by atoms with Gasteiger partial charge in [0.2, 0.25) is 5.91 Å². The molecule has 0 spiro atoms. The first-order valence-electron chi connectivity index (χ1n) is 9.28. The Hall–Kier alpha value is -1.99. The van der Waals surface area contributed by atoms with Crippen LogP contribution in [0.2, 0.25) is 0 Å². The quantitative estimate of drug-likeness (QED) is 0.742. The minimum absolute atomic E-state index is 0.0114. The molecule has 0 unspecified atom stereocenters. The maximum absolute atomic E-state index is 15.0. The fraction of sp³-hybridized carbons (Fsp3) is 0.579. The summed E-state index contributed by atoms with van der Waals surface area (Å²) in [4.78, 5) is 18.6. The van der Waals surface area contributed by atoms with Crippen molar-refractivity contribution in [2.45, 2.75) is 38.8 Å². The van der Waals surface area contributed by atoms with Crippen molar-refractivity contribution in [3.63, 3.8) is 0 Å². The average molecular weight is 361 g/mol. The van der Waals surface area contributed by atoms with Crippen molar-refractivity contribution in [2.24, 2.45) is 0 Å². The molecule has 0 aliphatic carbocycles. The van der Waals surface area contributed by atoms with Crippen LogP contribution in [0.15, 0.2) is 12.3 Å². The molecular weight excluding hydrogens is 337 g/mol. The van der Waals surface area contributed by atoms with Crippen LogP contribution in [-0.4, -0.2) is 53.3 Å². The first-order chi connectivity index (χ1) is 12.7. The summed E-state index contributed by atoms with van der Waals surface area (Å²) < 4.78 is 27.5. The van der Waals surface area contributed by atoms with Crippen LogP contribution in [-0.2, 0) is 27.4 Å². The third-order valence-electron chi connectivity index (χ3n) is 5.16. The predicted molar refractivity (Wildman–Crippen MR) is 94.4 cm³/mol. The molecule has 6 nitrogen and oxygen atoms in total. The van der Waals surface area contributed by atoms with E-state index >= 15 is 4.39 Å². The highest BCUT2D eigenvalue weighted by molar-refractivity contribution is 5.81. The molecular formula is C19H24FN3O3. The lowest BCUT2D eigenvalue weighted by Crippen LogP contribution is -2.38. The normalized spacial score (nSPS) is 17.4. The van der Waals surface area contributed by atoms with E-state index in [2.05, 4.69) is 4.98 Å². The van der Waals surface area contributed by atoms with Crippen molar-refractivity contribution >= 4 is 16.9 Å². The highest BCUT2D eigenvalue weighted by Crippen LogP contribution is 2.31. The first-order valence-corrected chi connectivity index (χ1v) is 9.28. The minimum Gasteiger partial charge on any atom is -0.381 e. The van der Waals surface area contributed by atoms with Gasteiger partial charge in [0.05, 0.1) is 43.9 Å². The Labute approximate surface area is 151 Å². The molecule has 0 bridgehead atoms. The number of carbonyl (C=O) groups is 1. The van der Waals surface area contributed by atoms with E-state index < -0.39 is 0 Å². The van der Waals surface area contributed by atoms with Crippen LogP contribution in [0.4, 0.5) is 4.39 Å². The molecule has 1 fully saturated rings. The Kier molecular flexibility index (Phi) is 4.91. The van der Waals surface area contributed by atoms with Gasteiger partial charge in [-0.25, -0.2) is 9.37 Å². The number of halogens is 1. The monoisotopic (exact) mass is 361 g/mol. The smallest absolute Gasteiger partial charge is 0.225 e. The van der Waals surface area contributed by atoms with Crippen LogP contribution >= 0.6 is 0 Å². The van der Waals surface area contributed by atoms with Crippen molar-refractivity contribution in [3.05, 3.63) is 29.3 Å². The summed E-state index contributed by atoms with van der Waals surface area (Å²) in [5.41, 5.74) is 2.23. The van der Waals surface area contributed by atoms with Crippen molar-refractivity contribution in [3.8, 4) is 0 Å². The van der Waals surface area contributed by atoms with Gasteiger partial charge in [0.1, 0.15) is 5.65 Å². The van der Waals surface area contributed by atoms with E-state index in [4.69, 9.17) is 9.47 Å². The van der Waals surface area contributed by atoms with Crippen molar-refractivity contribution in [1.29, 1.82) is 0 Å². The maximum Gasteiger partial charge on any atom is 0.225 e. The summed E-state index contributed by atoms with van der Waals surface area (Å²) >= 11 is 0. The van der Waals surface area contributed by atoms with Gasteiger partial charge in [0.25, 0.3) is 0 Å². The lowest BCUT2D eigenvalue weighted by molar-refractivity contribution is -0.133. The molecule has 1 saturated heterocycles. The summed E-state index contributed by atoms with van der Waals surface area (Å²) in [6, 6.07) is 1.89. The molecule has 140 valence electrons. The number of amides is 1. The largest absolute Gasteiger partial charge is 0.381 e. The van der Waals surface area contributed by atoms with Gasteiger partial charge < -0.3 is 18.9 Å². The van der Waals surface area contributed by atoms with Crippen molar-refractivity contribution in [1.82, 2.24) is 14.5 Å². The molecule has 1 amide bonds. The van der Waals surface area contributed by atoms with Crippen LogP contribution in [0, 0.1) is 5.82 Å². The Morgan fingerprint density at radius 1 is 1.38 bits per heavy atom. The van der Waals surface area contributed by atoms with Gasteiger partial charge in [-0.05, 0) is 18.1 Å². The molecule has 0 N–H and O–H groups in total. The fourth-order valence-electron chi connectivity index (χ4n) is 3.56. The molecule has 2 aliphatic rings. The van der Waals surface area contributed by atoms with E-state index in [0.29, 0.717) is 68.6 Å². The lowest BCUT2D eigenvalue weighted by Gasteiger charge is -2.29. The van der Waals surface area contributed by atoms with Gasteiger partial charge in [-0.2, -0.15) is 0 Å². The molecule has 4 heterocycles. The number of pyridine rings is 1. The second-order valence-corrected chi connectivity index (χ2v) is 6.96. The Morgan fingerprint density at radius 2 is 2.23 bits per heavy atom. The van der Waals surface area contributed by atoms with Gasteiger partial charge in [-0.1, -0.05) is 6.92 Å². The summed E-state index contributed by atoms with van der Waals surface area (Å²) in [5.74, 6) is 0.0658. The van der Waals surface area contributed by atoms with Crippen LogP contribution in [0.25, 0.3) is 11.0 Å². The summed E-state index contributed by atoms with van der Waals surface area (Å²) in [6.45, 7) is 5.88. The standard InChI is InChI=1S/C19H24FN3O3/c1-2-6-25-7-3-17(24)22-4-5-23-16(10-22)18(20)15-8-13(9-21-19(15)23)14-11-26-12-14/h8-9,14H,2-7,10-12H2,1H3. The third-order valence-corrected chi connectivity index (χ3v) is 5.16. The van der Waals surface area contributed by atoms with E-state index in [9.17, 15) is 4.79 Å². The van der Waals surface area contributed by atoms with E-state index in [1.165, 1.54) is 0 Å².